The van der Waals surface area contributed by atoms with Gasteiger partial charge in [-0.1, -0.05) is 12.1 Å². The van der Waals surface area contributed by atoms with Crippen LogP contribution in [0.1, 0.15) is 35.5 Å². The van der Waals surface area contributed by atoms with Crippen LogP contribution >= 0.6 is 0 Å². The maximum atomic E-state index is 13.6. The molecule has 6 nitrogen and oxygen atoms in total. The van der Waals surface area contributed by atoms with Crippen LogP contribution < -0.4 is 10.6 Å². The molecule has 2 N–H and O–H groups in total. The van der Waals surface area contributed by atoms with Gasteiger partial charge in [0.25, 0.3) is 0 Å². The van der Waals surface area contributed by atoms with Crippen molar-refractivity contribution in [3.63, 3.8) is 0 Å². The van der Waals surface area contributed by atoms with E-state index in [1.807, 2.05) is 38.8 Å². The molecule has 0 saturated carbocycles. The third kappa shape index (κ3) is 5.55. The molecule has 0 radical (unpaired) electrons. The molecule has 2 unspecified atom stereocenters. The minimum Gasteiger partial charge on any atom is -0.354 e. The van der Waals surface area contributed by atoms with Gasteiger partial charge in [0.15, 0.2) is 5.96 Å². The molecule has 7 heteroatoms. The van der Waals surface area contributed by atoms with E-state index in [4.69, 9.17) is 0 Å². The van der Waals surface area contributed by atoms with Crippen molar-refractivity contribution < 1.29 is 4.39 Å². The highest BCUT2D eigenvalue weighted by atomic mass is 19.1. The number of hydrogen-bond donors (Lipinski definition) is 2. The summed E-state index contributed by atoms with van der Waals surface area (Å²) in [4.78, 5) is 6.41. The number of hydrogen-bond acceptors (Lipinski definition) is 3. The van der Waals surface area contributed by atoms with E-state index >= 15 is 0 Å². The SMILES string of the molecule is CN=C(NCC(c1cccc(F)c1)N(C)C)NC(C)Cc1c(C)nn(C)c1C. The van der Waals surface area contributed by atoms with Crippen LogP contribution in [0.3, 0.4) is 0 Å². The van der Waals surface area contributed by atoms with Crippen LogP contribution in [0.25, 0.3) is 0 Å². The predicted molar refractivity (Wildman–Crippen MR) is 113 cm³/mol. The van der Waals surface area contributed by atoms with Crippen molar-refractivity contribution in [3.05, 3.63) is 52.6 Å². The summed E-state index contributed by atoms with van der Waals surface area (Å²) in [5.74, 6) is 0.512. The number of nitrogens with zero attached hydrogens (tertiary/aromatic N) is 4. The van der Waals surface area contributed by atoms with Crippen molar-refractivity contribution >= 4 is 5.96 Å². The predicted octanol–water partition coefficient (Wildman–Crippen LogP) is 2.57. The monoisotopic (exact) mass is 388 g/mol. The Morgan fingerprint density at radius 1 is 1.32 bits per heavy atom. The molecule has 2 rings (SSSR count). The van der Waals surface area contributed by atoms with E-state index in [1.165, 1.54) is 17.3 Å². The van der Waals surface area contributed by atoms with E-state index in [2.05, 4.69) is 39.5 Å². The number of guanidine groups is 1. The second-order valence-corrected chi connectivity index (χ2v) is 7.51. The van der Waals surface area contributed by atoms with Gasteiger partial charge in [-0.15, -0.1) is 0 Å². The van der Waals surface area contributed by atoms with Crippen molar-refractivity contribution in [1.82, 2.24) is 25.3 Å². The summed E-state index contributed by atoms with van der Waals surface area (Å²) in [5.41, 5.74) is 4.45. The molecule has 1 aromatic carbocycles. The number of halogens is 1. The Kier molecular flexibility index (Phi) is 7.57. The molecule has 0 bridgehead atoms. The summed E-state index contributed by atoms with van der Waals surface area (Å²) in [5, 5.41) is 11.3. The van der Waals surface area contributed by atoms with E-state index in [-0.39, 0.29) is 17.9 Å². The molecule has 2 aromatic rings. The second-order valence-electron chi connectivity index (χ2n) is 7.51. The smallest absolute Gasteiger partial charge is 0.191 e. The maximum Gasteiger partial charge on any atom is 0.191 e. The Bertz CT molecular complexity index is 811. The van der Waals surface area contributed by atoms with Crippen LogP contribution in [-0.4, -0.2) is 54.4 Å². The zero-order chi connectivity index (χ0) is 20.8. The number of aryl methyl sites for hydroxylation is 2. The Hall–Kier alpha value is -2.41. The maximum absolute atomic E-state index is 13.6. The second kappa shape index (κ2) is 9.68. The molecular weight excluding hydrogens is 355 g/mol. The number of likely N-dealkylation sites (N-methyl/N-ethyl adjacent to an activating group) is 1. The molecule has 0 aliphatic carbocycles. The first-order chi connectivity index (χ1) is 13.2. The summed E-state index contributed by atoms with van der Waals surface area (Å²) in [6.07, 6.45) is 0.868. The van der Waals surface area contributed by atoms with Gasteiger partial charge in [0, 0.05) is 32.4 Å². The van der Waals surface area contributed by atoms with Gasteiger partial charge >= 0.3 is 0 Å². The van der Waals surface area contributed by atoms with Crippen molar-refractivity contribution in [3.8, 4) is 0 Å². The zero-order valence-electron chi connectivity index (χ0n) is 18.0. The average Bonchev–Trinajstić information content (AvgIpc) is 2.86. The van der Waals surface area contributed by atoms with Crippen LogP contribution in [-0.2, 0) is 13.5 Å². The highest BCUT2D eigenvalue weighted by molar-refractivity contribution is 5.80. The first-order valence-electron chi connectivity index (χ1n) is 9.61. The van der Waals surface area contributed by atoms with E-state index in [9.17, 15) is 4.39 Å². The minimum absolute atomic E-state index is 0.0346. The molecular formula is C21H33FN6. The molecule has 1 heterocycles. The average molecular weight is 389 g/mol. The molecule has 0 fully saturated rings. The number of rotatable bonds is 7. The van der Waals surface area contributed by atoms with Crippen molar-refractivity contribution in [1.29, 1.82) is 0 Å². The van der Waals surface area contributed by atoms with Gasteiger partial charge in [-0.2, -0.15) is 5.10 Å². The third-order valence-electron chi connectivity index (χ3n) is 5.10. The van der Waals surface area contributed by atoms with Crippen molar-refractivity contribution in [2.24, 2.45) is 12.0 Å². The van der Waals surface area contributed by atoms with E-state index in [0.29, 0.717) is 6.54 Å². The lowest BCUT2D eigenvalue weighted by molar-refractivity contribution is 0.297. The highest BCUT2D eigenvalue weighted by Crippen LogP contribution is 2.18. The Balaban J connectivity index is 1.99. The van der Waals surface area contributed by atoms with E-state index in [1.54, 1.807) is 19.2 Å². The molecule has 1 aromatic heterocycles. The van der Waals surface area contributed by atoms with Gasteiger partial charge in [0.2, 0.25) is 0 Å². The molecule has 0 saturated heterocycles. The van der Waals surface area contributed by atoms with Gasteiger partial charge in [0.1, 0.15) is 5.82 Å². The van der Waals surface area contributed by atoms with Crippen molar-refractivity contribution in [2.45, 2.75) is 39.3 Å². The quantitative estimate of drug-likeness (QED) is 0.565. The van der Waals surface area contributed by atoms with E-state index < -0.39 is 0 Å². The third-order valence-corrected chi connectivity index (χ3v) is 5.10. The lowest BCUT2D eigenvalue weighted by Crippen LogP contribution is -2.45. The lowest BCUT2D eigenvalue weighted by atomic mass is 10.1. The highest BCUT2D eigenvalue weighted by Gasteiger charge is 2.17. The summed E-state index contributed by atoms with van der Waals surface area (Å²) in [6, 6.07) is 6.97. The lowest BCUT2D eigenvalue weighted by Gasteiger charge is -2.27. The molecule has 2 atom stereocenters. The van der Waals surface area contributed by atoms with Crippen LogP contribution in [0.4, 0.5) is 4.39 Å². The van der Waals surface area contributed by atoms with Crippen LogP contribution in [0.5, 0.6) is 0 Å². The fourth-order valence-corrected chi connectivity index (χ4v) is 3.40. The van der Waals surface area contributed by atoms with Gasteiger partial charge in [-0.05, 0) is 64.5 Å². The van der Waals surface area contributed by atoms with Crippen LogP contribution in [0, 0.1) is 19.7 Å². The van der Waals surface area contributed by atoms with Gasteiger partial charge in [0.05, 0.1) is 11.7 Å². The normalized spacial score (nSPS) is 14.2. The topological polar surface area (TPSA) is 57.5 Å². The fourth-order valence-electron chi connectivity index (χ4n) is 3.40. The fraction of sp³-hybridized carbons (Fsp3) is 0.524. The number of benzene rings is 1. The standard InChI is InChI=1S/C21H33FN6/c1-14(11-19-15(2)26-28(7)16(19)3)25-21(23-4)24-13-20(27(5)6)17-9-8-10-18(22)12-17/h8-10,12,14,20H,11,13H2,1-7H3,(H2,23,24,25). The Labute approximate surface area is 167 Å². The zero-order valence-corrected chi connectivity index (χ0v) is 18.0. The Morgan fingerprint density at radius 2 is 2.04 bits per heavy atom. The molecule has 0 spiro atoms. The van der Waals surface area contributed by atoms with E-state index in [0.717, 1.165) is 23.6 Å². The number of nitrogens with one attached hydrogen (secondary N) is 2. The minimum atomic E-state index is -0.220. The van der Waals surface area contributed by atoms with Gasteiger partial charge in [-0.3, -0.25) is 9.67 Å². The first kappa shape index (κ1) is 21.9. The summed E-state index contributed by atoms with van der Waals surface area (Å²) in [6.45, 7) is 6.89. The molecule has 0 amide bonds. The van der Waals surface area contributed by atoms with Crippen molar-refractivity contribution in [2.75, 3.05) is 27.7 Å². The molecule has 0 aliphatic rings. The van der Waals surface area contributed by atoms with Crippen LogP contribution in [0.15, 0.2) is 29.3 Å². The summed E-state index contributed by atoms with van der Waals surface area (Å²) in [7, 11) is 7.71. The van der Waals surface area contributed by atoms with Gasteiger partial charge < -0.3 is 15.5 Å². The number of aromatic nitrogens is 2. The molecule has 154 valence electrons. The largest absolute Gasteiger partial charge is 0.354 e. The summed E-state index contributed by atoms with van der Waals surface area (Å²) < 4.78 is 15.5. The van der Waals surface area contributed by atoms with Gasteiger partial charge in [-0.25, -0.2) is 4.39 Å². The molecule has 0 aliphatic heterocycles. The molecule has 28 heavy (non-hydrogen) atoms. The van der Waals surface area contributed by atoms with Crippen LogP contribution in [0.2, 0.25) is 0 Å². The Morgan fingerprint density at radius 3 is 2.57 bits per heavy atom. The first-order valence-corrected chi connectivity index (χ1v) is 9.61. The number of aliphatic imine (C=N–C) groups is 1. The summed E-state index contributed by atoms with van der Waals surface area (Å²) >= 11 is 0.